The summed E-state index contributed by atoms with van der Waals surface area (Å²) in [5.41, 5.74) is 0.764. The van der Waals surface area contributed by atoms with Crippen molar-refractivity contribution in [3.05, 3.63) is 29.3 Å². The number of benzene rings is 1. The number of halogens is 1. The Bertz CT molecular complexity index is 439. The maximum atomic E-state index is 10.8. The Balaban J connectivity index is 2.91. The topological polar surface area (TPSA) is 40.5 Å². The summed E-state index contributed by atoms with van der Waals surface area (Å²) in [6, 6.07) is 7.25. The number of carboxylic acids is 1. The number of rotatable bonds is 5. The first-order valence-electron chi connectivity index (χ1n) is 5.22. The lowest BCUT2D eigenvalue weighted by molar-refractivity contribution is -0.140. The molecule has 17 heavy (non-hydrogen) atoms. The zero-order chi connectivity index (χ0) is 12.8. The first kappa shape index (κ1) is 13.4. The van der Waals surface area contributed by atoms with Crippen LogP contribution in [0, 0.1) is 18.3 Å². The number of anilines is 1. The van der Waals surface area contributed by atoms with Crippen molar-refractivity contribution in [3.8, 4) is 12.3 Å². The molecule has 0 fully saturated rings. The van der Waals surface area contributed by atoms with E-state index < -0.39 is 11.9 Å². The van der Waals surface area contributed by atoms with Crippen LogP contribution in [0.3, 0.4) is 0 Å². The fourth-order valence-electron chi connectivity index (χ4n) is 1.48. The van der Waals surface area contributed by atoms with Crippen molar-refractivity contribution in [1.82, 2.24) is 0 Å². The number of aliphatic carboxylic acids is 1. The van der Waals surface area contributed by atoms with Gasteiger partial charge in [-0.05, 0) is 12.1 Å². The molecule has 0 amide bonds. The molecule has 4 heteroatoms. The van der Waals surface area contributed by atoms with Gasteiger partial charge < -0.3 is 10.0 Å². The SMILES string of the molecule is C#CCN(CC(C)C(=O)O)c1ccccc1Cl. The van der Waals surface area contributed by atoms with E-state index in [-0.39, 0.29) is 0 Å². The molecule has 0 radical (unpaired) electrons. The fraction of sp³-hybridized carbons (Fsp3) is 0.308. The fourth-order valence-corrected chi connectivity index (χ4v) is 1.73. The number of nitrogens with zero attached hydrogens (tertiary/aromatic N) is 1. The van der Waals surface area contributed by atoms with E-state index in [9.17, 15) is 4.79 Å². The lowest BCUT2D eigenvalue weighted by Gasteiger charge is -2.25. The van der Waals surface area contributed by atoms with Gasteiger partial charge in [0.25, 0.3) is 0 Å². The quantitative estimate of drug-likeness (QED) is 0.818. The van der Waals surface area contributed by atoms with Crippen LogP contribution in [0.2, 0.25) is 5.02 Å². The molecular formula is C13H14ClNO2. The van der Waals surface area contributed by atoms with Crippen molar-refractivity contribution in [2.24, 2.45) is 5.92 Å². The zero-order valence-electron chi connectivity index (χ0n) is 9.56. The molecule has 0 heterocycles. The Hall–Kier alpha value is -1.66. The van der Waals surface area contributed by atoms with Crippen LogP contribution in [0.25, 0.3) is 0 Å². The highest BCUT2D eigenvalue weighted by Crippen LogP contribution is 2.25. The number of carboxylic acid groups (broad SMARTS) is 1. The molecule has 1 aromatic carbocycles. The Morgan fingerprint density at radius 3 is 2.76 bits per heavy atom. The van der Waals surface area contributed by atoms with Crippen molar-refractivity contribution in [2.75, 3.05) is 18.0 Å². The van der Waals surface area contributed by atoms with Gasteiger partial charge in [-0.25, -0.2) is 0 Å². The molecule has 1 N–H and O–H groups in total. The summed E-state index contributed by atoms with van der Waals surface area (Å²) in [7, 11) is 0. The highest BCUT2D eigenvalue weighted by molar-refractivity contribution is 6.33. The van der Waals surface area contributed by atoms with Gasteiger partial charge in [-0.2, -0.15) is 0 Å². The molecular weight excluding hydrogens is 238 g/mol. The molecule has 3 nitrogen and oxygen atoms in total. The molecule has 1 aromatic rings. The average molecular weight is 252 g/mol. The van der Waals surface area contributed by atoms with Crippen molar-refractivity contribution < 1.29 is 9.90 Å². The molecule has 0 aliphatic rings. The summed E-state index contributed by atoms with van der Waals surface area (Å²) in [5, 5.41) is 9.47. The summed E-state index contributed by atoms with van der Waals surface area (Å²) < 4.78 is 0. The van der Waals surface area contributed by atoms with Crippen molar-refractivity contribution in [1.29, 1.82) is 0 Å². The van der Waals surface area contributed by atoms with Crippen LogP contribution in [-0.2, 0) is 4.79 Å². The molecule has 0 spiro atoms. The third-order valence-corrected chi connectivity index (χ3v) is 2.71. The second kappa shape index (κ2) is 6.17. The van der Waals surface area contributed by atoms with Crippen LogP contribution in [0.15, 0.2) is 24.3 Å². The van der Waals surface area contributed by atoms with E-state index in [0.29, 0.717) is 18.1 Å². The van der Waals surface area contributed by atoms with E-state index in [1.54, 1.807) is 17.9 Å². The smallest absolute Gasteiger partial charge is 0.308 e. The van der Waals surface area contributed by atoms with E-state index in [2.05, 4.69) is 5.92 Å². The third kappa shape index (κ3) is 3.69. The highest BCUT2D eigenvalue weighted by atomic mass is 35.5. The van der Waals surface area contributed by atoms with Crippen LogP contribution in [0.1, 0.15) is 6.92 Å². The summed E-state index contributed by atoms with van der Waals surface area (Å²) >= 11 is 6.06. The predicted octanol–water partition coefficient (Wildman–Crippen LogP) is 2.50. The second-order valence-corrected chi connectivity index (χ2v) is 4.18. The van der Waals surface area contributed by atoms with E-state index in [1.807, 2.05) is 18.2 Å². The van der Waals surface area contributed by atoms with Crippen molar-refractivity contribution in [3.63, 3.8) is 0 Å². The van der Waals surface area contributed by atoms with Gasteiger partial charge >= 0.3 is 5.97 Å². The summed E-state index contributed by atoms with van der Waals surface area (Å²) in [6.45, 7) is 2.31. The summed E-state index contributed by atoms with van der Waals surface area (Å²) in [4.78, 5) is 12.6. The molecule has 0 saturated heterocycles. The standard InChI is InChI=1S/C13H14ClNO2/c1-3-8-15(9-10(2)13(16)17)12-7-5-4-6-11(12)14/h1,4-7,10H,8-9H2,2H3,(H,16,17). The lowest BCUT2D eigenvalue weighted by atomic mass is 10.1. The minimum absolute atomic E-state index is 0.335. The van der Waals surface area contributed by atoms with E-state index in [4.69, 9.17) is 23.1 Å². The van der Waals surface area contributed by atoms with E-state index in [1.165, 1.54) is 0 Å². The molecule has 0 bridgehead atoms. The Kier molecular flexibility index (Phi) is 4.86. The van der Waals surface area contributed by atoms with E-state index in [0.717, 1.165) is 5.69 Å². The second-order valence-electron chi connectivity index (χ2n) is 3.78. The molecule has 0 aliphatic heterocycles. The first-order chi connectivity index (χ1) is 8.06. The molecule has 0 aliphatic carbocycles. The van der Waals surface area contributed by atoms with Gasteiger partial charge in [0, 0.05) is 6.54 Å². The zero-order valence-corrected chi connectivity index (χ0v) is 10.3. The minimum Gasteiger partial charge on any atom is -0.481 e. The van der Waals surface area contributed by atoms with Gasteiger partial charge in [0.2, 0.25) is 0 Å². The van der Waals surface area contributed by atoms with Crippen molar-refractivity contribution in [2.45, 2.75) is 6.92 Å². The maximum Gasteiger partial charge on any atom is 0.308 e. The lowest BCUT2D eigenvalue weighted by Crippen LogP contribution is -2.32. The largest absolute Gasteiger partial charge is 0.481 e. The van der Waals surface area contributed by atoms with E-state index >= 15 is 0 Å². The summed E-state index contributed by atoms with van der Waals surface area (Å²) in [6.07, 6.45) is 5.29. The number of para-hydroxylation sites is 1. The number of carbonyl (C=O) groups is 1. The molecule has 1 rings (SSSR count). The van der Waals surface area contributed by atoms with Crippen LogP contribution >= 0.6 is 11.6 Å². The molecule has 0 aromatic heterocycles. The Morgan fingerprint density at radius 2 is 2.24 bits per heavy atom. The molecule has 0 saturated carbocycles. The van der Waals surface area contributed by atoms with Crippen molar-refractivity contribution >= 4 is 23.3 Å². The average Bonchev–Trinajstić information content (AvgIpc) is 2.29. The van der Waals surface area contributed by atoms with Crippen LogP contribution in [-0.4, -0.2) is 24.2 Å². The van der Waals surface area contributed by atoms with Crippen LogP contribution in [0.5, 0.6) is 0 Å². The first-order valence-corrected chi connectivity index (χ1v) is 5.59. The highest BCUT2D eigenvalue weighted by Gasteiger charge is 2.17. The molecule has 1 unspecified atom stereocenters. The monoisotopic (exact) mass is 251 g/mol. The van der Waals surface area contributed by atoms with Gasteiger partial charge in [-0.15, -0.1) is 6.42 Å². The number of hydrogen-bond donors (Lipinski definition) is 1. The van der Waals surface area contributed by atoms with Gasteiger partial charge in [0.05, 0.1) is 23.2 Å². The predicted molar refractivity (Wildman–Crippen MR) is 69.3 cm³/mol. The Morgan fingerprint density at radius 1 is 1.59 bits per heavy atom. The Labute approximate surface area is 106 Å². The maximum absolute atomic E-state index is 10.8. The van der Waals surface area contributed by atoms with Gasteiger partial charge in [0.15, 0.2) is 0 Å². The third-order valence-electron chi connectivity index (χ3n) is 2.39. The van der Waals surface area contributed by atoms with Crippen LogP contribution < -0.4 is 4.90 Å². The minimum atomic E-state index is -0.848. The van der Waals surface area contributed by atoms with Gasteiger partial charge in [-0.1, -0.05) is 36.6 Å². The van der Waals surface area contributed by atoms with Crippen LogP contribution in [0.4, 0.5) is 5.69 Å². The number of hydrogen-bond acceptors (Lipinski definition) is 2. The molecule has 1 atom stereocenters. The normalized spacial score (nSPS) is 11.6. The van der Waals surface area contributed by atoms with Gasteiger partial charge in [0.1, 0.15) is 0 Å². The molecule has 90 valence electrons. The van der Waals surface area contributed by atoms with Gasteiger partial charge in [-0.3, -0.25) is 4.79 Å². The summed E-state index contributed by atoms with van der Waals surface area (Å²) in [5.74, 6) is 1.16. The number of terminal acetylenes is 1.